The minimum absolute atomic E-state index is 0.232. The monoisotopic (exact) mass is 305 g/mol. The summed E-state index contributed by atoms with van der Waals surface area (Å²) in [6.07, 6.45) is -3.63. The van der Waals surface area contributed by atoms with Crippen molar-refractivity contribution in [2.45, 2.75) is 37.1 Å². The van der Waals surface area contributed by atoms with Crippen LogP contribution in [0.15, 0.2) is 12.1 Å². The molecule has 2 rings (SSSR count). The second kappa shape index (κ2) is 5.27. The van der Waals surface area contributed by atoms with Crippen LogP contribution in [-0.2, 0) is 28.5 Å². The van der Waals surface area contributed by atoms with Crippen LogP contribution in [0.2, 0.25) is 0 Å². The van der Waals surface area contributed by atoms with Crippen molar-refractivity contribution in [3.05, 3.63) is 29.1 Å². The van der Waals surface area contributed by atoms with Crippen molar-refractivity contribution in [1.29, 1.82) is 0 Å². The van der Waals surface area contributed by atoms with Crippen molar-refractivity contribution < 1.29 is 22.7 Å². The maximum Gasteiger partial charge on any atom is 0.433 e. The van der Waals surface area contributed by atoms with E-state index in [2.05, 4.69) is 17.6 Å². The third-order valence-corrected chi connectivity index (χ3v) is 3.84. The number of thiol groups is 1. The number of esters is 1. The number of hydrogen-bond donors (Lipinski definition) is 1. The molecule has 1 aromatic rings. The molecule has 1 unspecified atom stereocenters. The van der Waals surface area contributed by atoms with Crippen LogP contribution in [0, 0.1) is 0 Å². The van der Waals surface area contributed by atoms with Crippen LogP contribution in [0.1, 0.15) is 30.3 Å². The Morgan fingerprint density at radius 2 is 2.20 bits per heavy atom. The minimum atomic E-state index is -4.45. The highest BCUT2D eigenvalue weighted by Crippen LogP contribution is 2.36. The van der Waals surface area contributed by atoms with E-state index in [1.165, 1.54) is 6.07 Å². The topological polar surface area (TPSA) is 39.2 Å². The Morgan fingerprint density at radius 3 is 2.80 bits per heavy atom. The lowest BCUT2D eigenvalue weighted by atomic mass is 9.85. The van der Waals surface area contributed by atoms with Gasteiger partial charge < -0.3 is 4.74 Å². The first kappa shape index (κ1) is 15.2. The first-order chi connectivity index (χ1) is 9.26. The van der Waals surface area contributed by atoms with Gasteiger partial charge in [-0.1, -0.05) is 6.07 Å². The Hall–Kier alpha value is -1.24. The normalized spacial score (nSPS) is 22.2. The molecule has 0 spiro atoms. The summed E-state index contributed by atoms with van der Waals surface area (Å²) < 4.78 is 41.7. The van der Waals surface area contributed by atoms with E-state index in [9.17, 15) is 18.0 Å². The Labute approximate surface area is 119 Å². The van der Waals surface area contributed by atoms with Gasteiger partial charge in [-0.25, -0.2) is 4.98 Å². The fourth-order valence-electron chi connectivity index (χ4n) is 2.23. The Balaban J connectivity index is 2.26. The molecule has 0 bridgehead atoms. The van der Waals surface area contributed by atoms with Crippen molar-refractivity contribution in [2.24, 2.45) is 0 Å². The fraction of sp³-hybridized carbons (Fsp3) is 0.538. The lowest BCUT2D eigenvalue weighted by Gasteiger charge is -2.31. The van der Waals surface area contributed by atoms with E-state index in [1.54, 1.807) is 6.92 Å². The van der Waals surface area contributed by atoms with Gasteiger partial charge in [-0.15, -0.1) is 0 Å². The predicted octanol–water partition coefficient (Wildman–Crippen LogP) is 2.82. The van der Waals surface area contributed by atoms with Gasteiger partial charge in [0.25, 0.3) is 0 Å². The van der Waals surface area contributed by atoms with E-state index < -0.39 is 22.6 Å². The molecule has 0 saturated heterocycles. The number of aryl methyl sites for hydroxylation is 1. The zero-order chi connectivity index (χ0) is 15.0. The zero-order valence-corrected chi connectivity index (χ0v) is 11.7. The van der Waals surface area contributed by atoms with Gasteiger partial charge in [0.1, 0.15) is 10.4 Å². The van der Waals surface area contributed by atoms with E-state index >= 15 is 0 Å². The van der Waals surface area contributed by atoms with Crippen LogP contribution in [0.5, 0.6) is 0 Å². The molecule has 1 aliphatic carbocycles. The number of nitrogens with zero attached hydrogens (tertiary/aromatic N) is 1. The lowest BCUT2D eigenvalue weighted by Crippen LogP contribution is -2.40. The summed E-state index contributed by atoms with van der Waals surface area (Å²) in [5, 5.41) is 0. The van der Waals surface area contributed by atoms with Crippen molar-refractivity contribution in [1.82, 2.24) is 4.98 Å². The molecule has 1 aliphatic rings. The molecular weight excluding hydrogens is 291 g/mol. The minimum Gasteiger partial charge on any atom is -0.465 e. The molecule has 0 N–H and O–H groups in total. The van der Waals surface area contributed by atoms with Crippen molar-refractivity contribution in [2.75, 3.05) is 6.61 Å². The van der Waals surface area contributed by atoms with Crippen LogP contribution in [0.25, 0.3) is 0 Å². The average Bonchev–Trinajstić information content (AvgIpc) is 2.37. The summed E-state index contributed by atoms with van der Waals surface area (Å²) in [5.74, 6) is -0.436. The number of halogens is 3. The highest BCUT2D eigenvalue weighted by molar-refractivity contribution is 7.82. The fourth-order valence-corrected chi connectivity index (χ4v) is 2.58. The number of alkyl halides is 3. The van der Waals surface area contributed by atoms with Crippen LogP contribution in [-0.4, -0.2) is 22.3 Å². The quantitative estimate of drug-likeness (QED) is 0.674. The SMILES string of the molecule is CCOC(=O)C1(S)CCc2nc(C(F)(F)F)ccc2C1. The van der Waals surface area contributed by atoms with Gasteiger partial charge in [-0.3, -0.25) is 4.79 Å². The van der Waals surface area contributed by atoms with Gasteiger partial charge in [-0.05, 0) is 37.8 Å². The van der Waals surface area contributed by atoms with Crippen molar-refractivity contribution in [3.63, 3.8) is 0 Å². The molecule has 0 amide bonds. The van der Waals surface area contributed by atoms with E-state index in [-0.39, 0.29) is 19.4 Å². The number of hydrogen-bond acceptors (Lipinski definition) is 4. The maximum atomic E-state index is 12.6. The average molecular weight is 305 g/mol. The van der Waals surface area contributed by atoms with E-state index in [4.69, 9.17) is 4.74 Å². The number of rotatable bonds is 2. The molecule has 20 heavy (non-hydrogen) atoms. The summed E-state index contributed by atoms with van der Waals surface area (Å²) in [7, 11) is 0. The third kappa shape index (κ3) is 2.92. The Bertz CT molecular complexity index is 533. The van der Waals surface area contributed by atoms with Gasteiger partial charge in [0, 0.05) is 5.69 Å². The van der Waals surface area contributed by atoms with Crippen LogP contribution in [0.3, 0.4) is 0 Å². The maximum absolute atomic E-state index is 12.6. The number of fused-ring (bicyclic) bond motifs is 1. The van der Waals surface area contributed by atoms with Crippen molar-refractivity contribution in [3.8, 4) is 0 Å². The summed E-state index contributed by atoms with van der Waals surface area (Å²) in [6, 6.07) is 2.30. The van der Waals surface area contributed by atoms with E-state index in [0.717, 1.165) is 6.07 Å². The zero-order valence-electron chi connectivity index (χ0n) is 10.8. The standard InChI is InChI=1S/C13H14F3NO2S/c1-2-19-11(18)12(20)6-5-9-8(7-12)3-4-10(17-9)13(14,15)16/h3-4,20H,2,5-7H2,1H3. The second-order valence-electron chi connectivity index (χ2n) is 4.73. The molecule has 0 aliphatic heterocycles. The van der Waals surface area contributed by atoms with Gasteiger partial charge >= 0.3 is 12.1 Å². The highest BCUT2D eigenvalue weighted by atomic mass is 32.1. The van der Waals surface area contributed by atoms with Crippen LogP contribution in [0.4, 0.5) is 13.2 Å². The molecule has 1 heterocycles. The van der Waals surface area contributed by atoms with E-state index in [0.29, 0.717) is 17.7 Å². The number of aromatic nitrogens is 1. The van der Waals surface area contributed by atoms with Crippen LogP contribution >= 0.6 is 12.6 Å². The smallest absolute Gasteiger partial charge is 0.433 e. The molecule has 1 aromatic heterocycles. The number of ether oxygens (including phenoxy) is 1. The molecule has 0 saturated carbocycles. The molecule has 110 valence electrons. The van der Waals surface area contributed by atoms with Gasteiger partial charge in [0.2, 0.25) is 0 Å². The molecule has 0 radical (unpaired) electrons. The lowest BCUT2D eigenvalue weighted by molar-refractivity contribution is -0.146. The summed E-state index contributed by atoms with van der Waals surface area (Å²) in [5.41, 5.74) is 0.0974. The molecule has 7 heteroatoms. The third-order valence-electron chi connectivity index (χ3n) is 3.27. The Morgan fingerprint density at radius 1 is 1.50 bits per heavy atom. The largest absolute Gasteiger partial charge is 0.465 e. The first-order valence-electron chi connectivity index (χ1n) is 6.22. The molecule has 3 nitrogen and oxygen atoms in total. The van der Waals surface area contributed by atoms with Gasteiger partial charge in [0.05, 0.1) is 6.61 Å². The van der Waals surface area contributed by atoms with E-state index in [1.807, 2.05) is 0 Å². The number of carbonyl (C=O) groups excluding carboxylic acids is 1. The van der Waals surface area contributed by atoms with Crippen LogP contribution < -0.4 is 0 Å². The molecular formula is C13H14F3NO2S. The number of carbonyl (C=O) groups is 1. The van der Waals surface area contributed by atoms with Gasteiger partial charge in [0.15, 0.2) is 0 Å². The summed E-state index contributed by atoms with van der Waals surface area (Å²) in [6.45, 7) is 1.95. The highest BCUT2D eigenvalue weighted by Gasteiger charge is 2.41. The molecule has 0 fully saturated rings. The van der Waals surface area contributed by atoms with Crippen molar-refractivity contribution >= 4 is 18.6 Å². The molecule has 0 aromatic carbocycles. The first-order valence-corrected chi connectivity index (χ1v) is 6.66. The summed E-state index contributed by atoms with van der Waals surface area (Å²) >= 11 is 4.36. The summed E-state index contributed by atoms with van der Waals surface area (Å²) in [4.78, 5) is 15.5. The molecule has 1 atom stereocenters. The Kier molecular flexibility index (Phi) is 4.00. The number of pyridine rings is 1. The second-order valence-corrected chi connectivity index (χ2v) is 5.58. The predicted molar refractivity (Wildman–Crippen MR) is 69.6 cm³/mol. The van der Waals surface area contributed by atoms with Gasteiger partial charge in [-0.2, -0.15) is 25.8 Å².